The van der Waals surface area contributed by atoms with E-state index in [0.717, 1.165) is 32.2 Å². The summed E-state index contributed by atoms with van der Waals surface area (Å²) in [5.74, 6) is 1.79. The van der Waals surface area contributed by atoms with Crippen LogP contribution in [-0.4, -0.2) is 47.5 Å². The number of nitrogens with one attached hydrogen (secondary N) is 1. The van der Waals surface area contributed by atoms with E-state index >= 15 is 0 Å². The van der Waals surface area contributed by atoms with Crippen LogP contribution in [0, 0.1) is 15.9 Å². The summed E-state index contributed by atoms with van der Waals surface area (Å²) >= 11 is 1.97. The van der Waals surface area contributed by atoms with Crippen LogP contribution in [0.1, 0.15) is 5.56 Å². The normalized spacial score (nSPS) is 16.2. The van der Waals surface area contributed by atoms with Crippen molar-refractivity contribution in [3.63, 3.8) is 0 Å². The number of rotatable bonds is 6. The molecule has 1 N–H and O–H groups in total. The maximum atomic E-state index is 13.2. The van der Waals surface area contributed by atoms with Gasteiger partial charge in [0, 0.05) is 50.3 Å². The van der Waals surface area contributed by atoms with Gasteiger partial charge in [-0.1, -0.05) is 0 Å². The molecule has 0 spiro atoms. The Kier molecular flexibility index (Phi) is 5.75. The molecule has 5 nitrogen and oxygen atoms in total. The Balaban J connectivity index is 1.77. The van der Waals surface area contributed by atoms with Crippen molar-refractivity contribution >= 4 is 17.4 Å². The molecule has 0 unspecified atom stereocenters. The van der Waals surface area contributed by atoms with Gasteiger partial charge in [-0.25, -0.2) is 4.39 Å². The number of thioether (sulfide) groups is 1. The minimum absolute atomic E-state index is 0.199. The van der Waals surface area contributed by atoms with Gasteiger partial charge < -0.3 is 10.2 Å². The van der Waals surface area contributed by atoms with Crippen molar-refractivity contribution in [3.8, 4) is 0 Å². The first kappa shape index (κ1) is 15.2. The van der Waals surface area contributed by atoms with E-state index in [0.29, 0.717) is 12.1 Å². The fraction of sp³-hybridized carbons (Fsp3) is 0.538. The Bertz CT molecular complexity index is 467. The highest BCUT2D eigenvalue weighted by Gasteiger charge is 2.11. The second kappa shape index (κ2) is 7.56. The van der Waals surface area contributed by atoms with E-state index in [-0.39, 0.29) is 5.69 Å². The van der Waals surface area contributed by atoms with Gasteiger partial charge in [-0.05, 0) is 11.6 Å². The zero-order valence-electron chi connectivity index (χ0n) is 11.2. The Morgan fingerprint density at radius 2 is 2.10 bits per heavy atom. The average molecular weight is 299 g/mol. The summed E-state index contributed by atoms with van der Waals surface area (Å²) in [4.78, 5) is 12.5. The van der Waals surface area contributed by atoms with Crippen LogP contribution in [0.2, 0.25) is 0 Å². The molecule has 1 aromatic rings. The topological polar surface area (TPSA) is 58.4 Å². The lowest BCUT2D eigenvalue weighted by molar-refractivity contribution is -0.385. The number of benzene rings is 1. The molecule has 20 heavy (non-hydrogen) atoms. The smallest absolute Gasteiger partial charge is 0.272 e. The number of non-ortho nitro benzene ring substituents is 1. The van der Waals surface area contributed by atoms with Gasteiger partial charge in [0.05, 0.1) is 11.0 Å². The molecule has 1 aliphatic rings. The molecule has 7 heteroatoms. The molecular formula is C13H18FN3O2S. The molecule has 0 radical (unpaired) electrons. The quantitative estimate of drug-likeness (QED) is 0.494. The first-order valence-corrected chi connectivity index (χ1v) is 7.75. The van der Waals surface area contributed by atoms with Gasteiger partial charge in [0.15, 0.2) is 0 Å². The average Bonchev–Trinajstić information content (AvgIpc) is 2.44. The Labute approximate surface area is 121 Å². The van der Waals surface area contributed by atoms with Crippen LogP contribution in [0.5, 0.6) is 0 Å². The number of nitrogens with zero attached hydrogens (tertiary/aromatic N) is 2. The summed E-state index contributed by atoms with van der Waals surface area (Å²) in [6.07, 6.45) is 0. The molecule has 1 saturated heterocycles. The fourth-order valence-corrected chi connectivity index (χ4v) is 3.11. The minimum atomic E-state index is -0.571. The van der Waals surface area contributed by atoms with E-state index < -0.39 is 10.7 Å². The van der Waals surface area contributed by atoms with E-state index in [1.165, 1.54) is 23.6 Å². The van der Waals surface area contributed by atoms with Crippen LogP contribution in [0.25, 0.3) is 0 Å². The molecule has 0 amide bonds. The highest BCUT2D eigenvalue weighted by Crippen LogP contribution is 2.16. The number of hydrogen-bond donors (Lipinski definition) is 1. The third kappa shape index (κ3) is 4.73. The van der Waals surface area contributed by atoms with Crippen LogP contribution in [0.4, 0.5) is 10.1 Å². The van der Waals surface area contributed by atoms with E-state index in [9.17, 15) is 14.5 Å². The molecule has 0 atom stereocenters. The van der Waals surface area contributed by atoms with Gasteiger partial charge in [-0.3, -0.25) is 10.1 Å². The van der Waals surface area contributed by atoms with Crippen LogP contribution in [-0.2, 0) is 6.54 Å². The van der Waals surface area contributed by atoms with Crippen LogP contribution >= 0.6 is 11.8 Å². The van der Waals surface area contributed by atoms with E-state index in [2.05, 4.69) is 10.2 Å². The standard InChI is InChI=1S/C13H18FN3O2S/c14-12-7-11(8-13(9-12)17(18)19)10-15-1-2-16-3-5-20-6-4-16/h7-9,15H,1-6,10H2. The largest absolute Gasteiger partial charge is 0.311 e. The molecule has 0 bridgehead atoms. The molecule has 1 heterocycles. The SMILES string of the molecule is O=[N+]([O-])c1cc(F)cc(CNCCN2CCSCC2)c1. The molecular weight excluding hydrogens is 281 g/mol. The Morgan fingerprint density at radius 1 is 1.35 bits per heavy atom. The van der Waals surface area contributed by atoms with Crippen LogP contribution in [0.3, 0.4) is 0 Å². The summed E-state index contributed by atoms with van der Waals surface area (Å²) in [7, 11) is 0. The second-order valence-corrected chi connectivity index (χ2v) is 5.93. The number of nitro groups is 1. The van der Waals surface area contributed by atoms with E-state index in [1.807, 2.05) is 11.8 Å². The Morgan fingerprint density at radius 3 is 2.80 bits per heavy atom. The van der Waals surface area contributed by atoms with Crippen molar-refractivity contribution < 1.29 is 9.31 Å². The first-order valence-electron chi connectivity index (χ1n) is 6.60. The molecule has 0 aliphatic carbocycles. The van der Waals surface area contributed by atoms with Gasteiger partial charge in [0.2, 0.25) is 0 Å². The summed E-state index contributed by atoms with van der Waals surface area (Å²) in [6.45, 7) is 4.42. The van der Waals surface area contributed by atoms with Gasteiger partial charge >= 0.3 is 0 Å². The zero-order chi connectivity index (χ0) is 14.4. The lowest BCUT2D eigenvalue weighted by Crippen LogP contribution is -2.37. The zero-order valence-corrected chi connectivity index (χ0v) is 12.0. The number of halogens is 1. The fourth-order valence-electron chi connectivity index (χ4n) is 2.14. The summed E-state index contributed by atoms with van der Waals surface area (Å²) in [5.41, 5.74) is 0.403. The van der Waals surface area contributed by atoms with E-state index in [4.69, 9.17) is 0 Å². The molecule has 1 aliphatic heterocycles. The van der Waals surface area contributed by atoms with Crippen molar-refractivity contribution in [2.24, 2.45) is 0 Å². The summed E-state index contributed by atoms with van der Waals surface area (Å²) in [5, 5.41) is 13.9. The van der Waals surface area contributed by atoms with Gasteiger partial charge in [0.25, 0.3) is 5.69 Å². The molecule has 0 aromatic heterocycles. The molecule has 0 saturated carbocycles. The van der Waals surface area contributed by atoms with Crippen molar-refractivity contribution in [2.75, 3.05) is 37.7 Å². The molecule has 2 rings (SSSR count). The molecule has 1 aromatic carbocycles. The lowest BCUT2D eigenvalue weighted by atomic mass is 10.2. The maximum Gasteiger partial charge on any atom is 0.272 e. The van der Waals surface area contributed by atoms with Crippen LogP contribution in [0.15, 0.2) is 18.2 Å². The van der Waals surface area contributed by atoms with Crippen molar-refractivity contribution in [2.45, 2.75) is 6.54 Å². The highest BCUT2D eigenvalue weighted by molar-refractivity contribution is 7.99. The van der Waals surface area contributed by atoms with Gasteiger partial charge in [-0.15, -0.1) is 0 Å². The predicted molar refractivity (Wildman–Crippen MR) is 78.5 cm³/mol. The first-order chi connectivity index (χ1) is 9.65. The third-order valence-corrected chi connectivity index (χ3v) is 4.13. The van der Waals surface area contributed by atoms with Crippen molar-refractivity contribution in [3.05, 3.63) is 39.7 Å². The Hall–Kier alpha value is -1.18. The highest BCUT2D eigenvalue weighted by atomic mass is 32.2. The summed E-state index contributed by atoms with van der Waals surface area (Å²) in [6, 6.07) is 3.68. The van der Waals surface area contributed by atoms with Crippen molar-refractivity contribution in [1.29, 1.82) is 0 Å². The monoisotopic (exact) mass is 299 g/mol. The lowest BCUT2D eigenvalue weighted by Gasteiger charge is -2.26. The minimum Gasteiger partial charge on any atom is -0.311 e. The maximum absolute atomic E-state index is 13.2. The van der Waals surface area contributed by atoms with Gasteiger partial charge in [-0.2, -0.15) is 11.8 Å². The number of hydrogen-bond acceptors (Lipinski definition) is 5. The van der Waals surface area contributed by atoms with Gasteiger partial charge in [0.1, 0.15) is 5.82 Å². The van der Waals surface area contributed by atoms with Crippen LogP contribution < -0.4 is 5.32 Å². The second-order valence-electron chi connectivity index (χ2n) is 4.71. The number of nitro benzene ring substituents is 1. The summed E-state index contributed by atoms with van der Waals surface area (Å²) < 4.78 is 13.2. The van der Waals surface area contributed by atoms with E-state index in [1.54, 1.807) is 0 Å². The predicted octanol–water partition coefficient (Wildman–Crippen LogP) is 1.87. The molecule has 110 valence electrons. The third-order valence-electron chi connectivity index (χ3n) is 3.19. The van der Waals surface area contributed by atoms with Crippen molar-refractivity contribution in [1.82, 2.24) is 10.2 Å². The molecule has 1 fully saturated rings.